The summed E-state index contributed by atoms with van der Waals surface area (Å²) in [4.78, 5) is 5.57. The number of piperidine rings is 1. The van der Waals surface area contributed by atoms with Crippen LogP contribution in [0.2, 0.25) is 0 Å². The van der Waals surface area contributed by atoms with E-state index >= 15 is 0 Å². The van der Waals surface area contributed by atoms with Gasteiger partial charge in [-0.1, -0.05) is 12.5 Å². The molecule has 17 heavy (non-hydrogen) atoms. The van der Waals surface area contributed by atoms with Crippen LogP contribution in [0.1, 0.15) is 24.8 Å². The summed E-state index contributed by atoms with van der Waals surface area (Å²) in [7, 11) is 0. The third-order valence-corrected chi connectivity index (χ3v) is 3.58. The van der Waals surface area contributed by atoms with E-state index in [4.69, 9.17) is 0 Å². The largest absolute Gasteiger partial charge is 0.361 e. The highest BCUT2D eigenvalue weighted by molar-refractivity contribution is 5.83. The maximum absolute atomic E-state index is 13.8. The number of fused-ring (bicyclic) bond motifs is 1. The second kappa shape index (κ2) is 4.49. The van der Waals surface area contributed by atoms with E-state index in [1.54, 1.807) is 6.07 Å². The normalized spacial score (nSPS) is 17.7. The summed E-state index contributed by atoms with van der Waals surface area (Å²) in [5.74, 6) is -0.115. The van der Waals surface area contributed by atoms with Gasteiger partial charge in [0.25, 0.3) is 0 Å². The average molecular weight is 232 g/mol. The third kappa shape index (κ3) is 2.07. The summed E-state index contributed by atoms with van der Waals surface area (Å²) in [6.07, 6.45) is 5.82. The zero-order valence-corrected chi connectivity index (χ0v) is 9.88. The Hall–Kier alpha value is -1.35. The van der Waals surface area contributed by atoms with E-state index < -0.39 is 0 Å². The number of aromatic nitrogens is 1. The molecule has 2 heterocycles. The van der Waals surface area contributed by atoms with E-state index in [1.165, 1.54) is 25.3 Å². The molecule has 0 spiro atoms. The molecule has 2 aromatic rings. The zero-order chi connectivity index (χ0) is 11.7. The van der Waals surface area contributed by atoms with Crippen LogP contribution >= 0.6 is 0 Å². The Morgan fingerprint density at radius 1 is 1.18 bits per heavy atom. The molecule has 1 saturated heterocycles. The molecule has 1 aliphatic heterocycles. The Kier molecular flexibility index (Phi) is 2.85. The first kappa shape index (κ1) is 10.8. The molecule has 1 aromatic carbocycles. The molecule has 0 bridgehead atoms. The van der Waals surface area contributed by atoms with Crippen molar-refractivity contribution < 1.29 is 4.39 Å². The van der Waals surface area contributed by atoms with Crippen LogP contribution in [0, 0.1) is 5.82 Å². The number of aromatic amines is 1. The number of benzene rings is 1. The lowest BCUT2D eigenvalue weighted by molar-refractivity contribution is 0.221. The van der Waals surface area contributed by atoms with Crippen LogP contribution in [0.4, 0.5) is 4.39 Å². The fraction of sp³-hybridized carbons (Fsp3) is 0.429. The van der Waals surface area contributed by atoms with Gasteiger partial charge in [-0.3, -0.25) is 4.90 Å². The molecule has 3 heteroatoms. The first-order valence-electron chi connectivity index (χ1n) is 6.31. The molecular formula is C14H17FN2. The predicted molar refractivity (Wildman–Crippen MR) is 67.4 cm³/mol. The summed E-state index contributed by atoms with van der Waals surface area (Å²) in [6.45, 7) is 3.14. The van der Waals surface area contributed by atoms with Gasteiger partial charge < -0.3 is 4.98 Å². The SMILES string of the molecule is Fc1cccc2[nH]cc(CN3CCCCC3)c12. The first-order valence-corrected chi connectivity index (χ1v) is 6.31. The molecule has 0 atom stereocenters. The molecule has 2 nitrogen and oxygen atoms in total. The van der Waals surface area contributed by atoms with E-state index in [1.807, 2.05) is 12.3 Å². The highest BCUT2D eigenvalue weighted by atomic mass is 19.1. The number of hydrogen-bond acceptors (Lipinski definition) is 1. The van der Waals surface area contributed by atoms with Gasteiger partial charge in [-0.15, -0.1) is 0 Å². The molecule has 0 aliphatic carbocycles. The highest BCUT2D eigenvalue weighted by Gasteiger charge is 2.14. The minimum Gasteiger partial charge on any atom is -0.361 e. The zero-order valence-electron chi connectivity index (χ0n) is 9.88. The Bertz CT molecular complexity index is 512. The number of hydrogen-bond donors (Lipinski definition) is 1. The average Bonchev–Trinajstić information content (AvgIpc) is 2.75. The van der Waals surface area contributed by atoms with Crippen LogP contribution in [0.5, 0.6) is 0 Å². The Labute approximate surface area is 100 Å². The molecule has 1 aromatic heterocycles. The lowest BCUT2D eigenvalue weighted by Gasteiger charge is -2.26. The number of rotatable bonds is 2. The monoisotopic (exact) mass is 232 g/mol. The number of H-pyrrole nitrogens is 1. The van der Waals surface area contributed by atoms with Crippen molar-refractivity contribution in [2.75, 3.05) is 13.1 Å². The maximum Gasteiger partial charge on any atom is 0.132 e. The number of halogens is 1. The lowest BCUT2D eigenvalue weighted by atomic mass is 10.1. The van der Waals surface area contributed by atoms with Crippen LogP contribution in [0.15, 0.2) is 24.4 Å². The second-order valence-corrected chi connectivity index (χ2v) is 4.81. The molecule has 1 N–H and O–H groups in total. The standard InChI is InChI=1S/C14H17FN2/c15-12-5-4-6-13-14(12)11(9-16-13)10-17-7-2-1-3-8-17/h4-6,9,16H,1-3,7-8,10H2. The van der Waals surface area contributed by atoms with Crippen molar-refractivity contribution in [3.8, 4) is 0 Å². The number of likely N-dealkylation sites (tertiary alicyclic amines) is 1. The van der Waals surface area contributed by atoms with E-state index in [0.717, 1.165) is 36.1 Å². The van der Waals surface area contributed by atoms with Crippen molar-refractivity contribution >= 4 is 10.9 Å². The fourth-order valence-corrected chi connectivity index (χ4v) is 2.69. The molecule has 3 rings (SSSR count). The quantitative estimate of drug-likeness (QED) is 0.841. The van der Waals surface area contributed by atoms with Crippen molar-refractivity contribution in [1.82, 2.24) is 9.88 Å². The Balaban J connectivity index is 1.89. The minimum absolute atomic E-state index is 0.115. The molecule has 0 amide bonds. The van der Waals surface area contributed by atoms with Crippen LogP contribution in [-0.2, 0) is 6.54 Å². The topological polar surface area (TPSA) is 19.0 Å². The fourth-order valence-electron chi connectivity index (χ4n) is 2.69. The minimum atomic E-state index is -0.115. The van der Waals surface area contributed by atoms with Crippen LogP contribution in [0.3, 0.4) is 0 Å². The van der Waals surface area contributed by atoms with Crippen LogP contribution < -0.4 is 0 Å². The Morgan fingerprint density at radius 3 is 2.82 bits per heavy atom. The van der Waals surface area contributed by atoms with Gasteiger partial charge in [0.1, 0.15) is 5.82 Å². The van der Waals surface area contributed by atoms with E-state index in [9.17, 15) is 4.39 Å². The van der Waals surface area contributed by atoms with Gasteiger partial charge in [0, 0.05) is 23.6 Å². The number of nitrogens with zero attached hydrogens (tertiary/aromatic N) is 1. The molecule has 90 valence electrons. The summed E-state index contributed by atoms with van der Waals surface area (Å²) in [6, 6.07) is 5.22. The van der Waals surface area contributed by atoms with Crippen LogP contribution in [0.25, 0.3) is 10.9 Å². The molecule has 0 saturated carbocycles. The van der Waals surface area contributed by atoms with E-state index in [-0.39, 0.29) is 5.82 Å². The molecule has 0 radical (unpaired) electrons. The van der Waals surface area contributed by atoms with Crippen molar-refractivity contribution in [3.05, 3.63) is 35.8 Å². The number of nitrogens with one attached hydrogen (secondary N) is 1. The smallest absolute Gasteiger partial charge is 0.132 e. The van der Waals surface area contributed by atoms with Crippen LogP contribution in [-0.4, -0.2) is 23.0 Å². The van der Waals surface area contributed by atoms with E-state index in [2.05, 4.69) is 9.88 Å². The first-order chi connectivity index (χ1) is 8.34. The van der Waals surface area contributed by atoms with Gasteiger partial charge in [0.05, 0.1) is 0 Å². The van der Waals surface area contributed by atoms with E-state index in [0.29, 0.717) is 0 Å². The Morgan fingerprint density at radius 2 is 2.00 bits per heavy atom. The van der Waals surface area contributed by atoms with Gasteiger partial charge in [-0.05, 0) is 43.6 Å². The maximum atomic E-state index is 13.8. The summed E-state index contributed by atoms with van der Waals surface area (Å²) >= 11 is 0. The van der Waals surface area contributed by atoms with Crippen molar-refractivity contribution in [3.63, 3.8) is 0 Å². The summed E-state index contributed by atoms with van der Waals surface area (Å²) in [5, 5.41) is 0.762. The third-order valence-electron chi connectivity index (χ3n) is 3.58. The second-order valence-electron chi connectivity index (χ2n) is 4.81. The van der Waals surface area contributed by atoms with Crippen molar-refractivity contribution in [2.24, 2.45) is 0 Å². The van der Waals surface area contributed by atoms with Gasteiger partial charge in [-0.2, -0.15) is 0 Å². The molecular weight excluding hydrogens is 215 g/mol. The summed E-state index contributed by atoms with van der Waals surface area (Å²) < 4.78 is 13.8. The van der Waals surface area contributed by atoms with Gasteiger partial charge in [0.15, 0.2) is 0 Å². The molecule has 1 fully saturated rings. The van der Waals surface area contributed by atoms with Gasteiger partial charge >= 0.3 is 0 Å². The van der Waals surface area contributed by atoms with Gasteiger partial charge in [-0.25, -0.2) is 4.39 Å². The molecule has 0 unspecified atom stereocenters. The lowest BCUT2D eigenvalue weighted by Crippen LogP contribution is -2.29. The van der Waals surface area contributed by atoms with Crippen molar-refractivity contribution in [2.45, 2.75) is 25.8 Å². The predicted octanol–water partition coefficient (Wildman–Crippen LogP) is 3.29. The van der Waals surface area contributed by atoms with Crippen molar-refractivity contribution in [1.29, 1.82) is 0 Å². The molecule has 1 aliphatic rings. The van der Waals surface area contributed by atoms with Gasteiger partial charge in [0.2, 0.25) is 0 Å². The highest BCUT2D eigenvalue weighted by Crippen LogP contribution is 2.23. The summed E-state index contributed by atoms with van der Waals surface area (Å²) in [5.41, 5.74) is 1.98.